The molecule has 3 N–H and O–H groups in total. The molecular weight excluding hydrogens is 336 g/mol. The Labute approximate surface area is 152 Å². The van der Waals surface area contributed by atoms with E-state index in [4.69, 9.17) is 11.6 Å². The Bertz CT molecular complexity index is 746. The fourth-order valence-electron chi connectivity index (χ4n) is 3.65. The van der Waals surface area contributed by atoms with Crippen LogP contribution in [0.2, 0.25) is 5.02 Å². The normalized spacial score (nSPS) is 24.5. The summed E-state index contributed by atoms with van der Waals surface area (Å²) in [7, 11) is 0. The van der Waals surface area contributed by atoms with Gasteiger partial charge in [-0.05, 0) is 61.1 Å². The Morgan fingerprint density at radius 3 is 2.48 bits per heavy atom. The largest absolute Gasteiger partial charge is 0.345 e. The maximum Gasteiger partial charge on any atom is 0.239 e. The summed E-state index contributed by atoms with van der Waals surface area (Å²) in [5.41, 5.74) is 8.36. The van der Waals surface area contributed by atoms with E-state index in [-0.39, 0.29) is 23.5 Å². The summed E-state index contributed by atoms with van der Waals surface area (Å²) in [5.74, 6) is 0.0405. The van der Waals surface area contributed by atoms with Crippen molar-refractivity contribution in [3.63, 3.8) is 0 Å². The second-order valence-electron chi connectivity index (χ2n) is 6.84. The number of benzene rings is 1. The number of carbonyl (C=O) groups excluding carboxylic acids is 1. The summed E-state index contributed by atoms with van der Waals surface area (Å²) in [6.07, 6.45) is 7.32. The molecule has 0 bridgehead atoms. The molecule has 25 heavy (non-hydrogen) atoms. The zero-order chi connectivity index (χ0) is 17.3. The van der Waals surface area contributed by atoms with Gasteiger partial charge in [-0.3, -0.25) is 9.78 Å². The molecule has 1 aromatic heterocycles. The van der Waals surface area contributed by atoms with Crippen molar-refractivity contribution in [3.8, 4) is 0 Å². The highest BCUT2D eigenvalue weighted by molar-refractivity contribution is 6.30. The van der Waals surface area contributed by atoms with Crippen molar-refractivity contribution < 1.29 is 4.79 Å². The van der Waals surface area contributed by atoms with Gasteiger partial charge in [-0.25, -0.2) is 10.9 Å². The third-order valence-electron chi connectivity index (χ3n) is 5.29. The number of carbonyl (C=O) groups is 1. The molecule has 2 atom stereocenters. The number of nitrogens with zero attached hydrogens (tertiary/aromatic N) is 1. The Balaban J connectivity index is 1.44. The molecule has 1 aliphatic heterocycles. The monoisotopic (exact) mass is 356 g/mol. The summed E-state index contributed by atoms with van der Waals surface area (Å²) in [6, 6.07) is 11.6. The van der Waals surface area contributed by atoms with Gasteiger partial charge in [0.15, 0.2) is 0 Å². The quantitative estimate of drug-likeness (QED) is 0.788. The smallest absolute Gasteiger partial charge is 0.239 e. The van der Waals surface area contributed by atoms with Crippen LogP contribution in [0.25, 0.3) is 0 Å². The highest BCUT2D eigenvalue weighted by Crippen LogP contribution is 2.41. The minimum absolute atomic E-state index is 0.0405. The average Bonchev–Trinajstić information content (AvgIpc) is 3.10. The average molecular weight is 357 g/mol. The van der Waals surface area contributed by atoms with Gasteiger partial charge in [-0.2, -0.15) is 0 Å². The van der Waals surface area contributed by atoms with Crippen LogP contribution in [0.3, 0.4) is 0 Å². The SMILES string of the molecule is O=C(NC1(c2ccc(Cl)cc2)CCC1)C1CC(c2ccncc2)NN1. The summed E-state index contributed by atoms with van der Waals surface area (Å²) in [6.45, 7) is 0. The number of amides is 1. The molecule has 4 rings (SSSR count). The summed E-state index contributed by atoms with van der Waals surface area (Å²) in [4.78, 5) is 16.9. The van der Waals surface area contributed by atoms with Gasteiger partial charge in [0, 0.05) is 23.5 Å². The van der Waals surface area contributed by atoms with Gasteiger partial charge in [-0.1, -0.05) is 23.7 Å². The Kier molecular flexibility index (Phi) is 4.46. The van der Waals surface area contributed by atoms with Crippen LogP contribution in [-0.4, -0.2) is 16.9 Å². The van der Waals surface area contributed by atoms with Crippen molar-refractivity contribution >= 4 is 17.5 Å². The minimum Gasteiger partial charge on any atom is -0.345 e. The van der Waals surface area contributed by atoms with Gasteiger partial charge in [-0.15, -0.1) is 0 Å². The molecule has 2 unspecified atom stereocenters. The lowest BCUT2D eigenvalue weighted by atomic mass is 9.71. The van der Waals surface area contributed by atoms with E-state index in [9.17, 15) is 4.79 Å². The van der Waals surface area contributed by atoms with E-state index in [0.29, 0.717) is 11.4 Å². The van der Waals surface area contributed by atoms with Crippen LogP contribution in [0, 0.1) is 0 Å². The lowest BCUT2D eigenvalue weighted by Crippen LogP contribution is -2.55. The first-order chi connectivity index (χ1) is 12.2. The molecule has 1 amide bonds. The maximum absolute atomic E-state index is 12.8. The van der Waals surface area contributed by atoms with E-state index in [1.165, 1.54) is 0 Å². The Hall–Kier alpha value is -1.95. The third kappa shape index (κ3) is 3.27. The van der Waals surface area contributed by atoms with Crippen molar-refractivity contribution in [2.75, 3.05) is 0 Å². The molecule has 6 heteroatoms. The third-order valence-corrected chi connectivity index (χ3v) is 5.55. The standard InChI is InChI=1S/C19H21ClN4O/c20-15-4-2-14(3-5-15)19(8-1-9-19)22-18(25)17-12-16(23-24-17)13-6-10-21-11-7-13/h2-7,10-11,16-17,23-24H,1,8-9,12H2,(H,22,25). The molecule has 1 saturated heterocycles. The Morgan fingerprint density at radius 1 is 1.12 bits per heavy atom. The first-order valence-corrected chi connectivity index (χ1v) is 9.03. The molecule has 5 nitrogen and oxygen atoms in total. The van der Waals surface area contributed by atoms with Gasteiger partial charge in [0.2, 0.25) is 5.91 Å². The summed E-state index contributed by atoms with van der Waals surface area (Å²) < 4.78 is 0. The topological polar surface area (TPSA) is 66.0 Å². The molecule has 2 heterocycles. The van der Waals surface area contributed by atoms with Crippen LogP contribution in [0.15, 0.2) is 48.8 Å². The van der Waals surface area contributed by atoms with Gasteiger partial charge in [0.25, 0.3) is 0 Å². The molecule has 1 saturated carbocycles. The molecule has 2 fully saturated rings. The van der Waals surface area contributed by atoms with Gasteiger partial charge in [0.1, 0.15) is 6.04 Å². The van der Waals surface area contributed by atoms with Crippen LogP contribution >= 0.6 is 11.6 Å². The van der Waals surface area contributed by atoms with Crippen LogP contribution in [0.1, 0.15) is 42.9 Å². The minimum atomic E-state index is -0.252. The predicted molar refractivity (Wildman–Crippen MR) is 96.8 cm³/mol. The van der Waals surface area contributed by atoms with Crippen molar-refractivity contribution in [1.29, 1.82) is 0 Å². The zero-order valence-corrected chi connectivity index (χ0v) is 14.6. The fraction of sp³-hybridized carbons (Fsp3) is 0.368. The van der Waals surface area contributed by atoms with E-state index < -0.39 is 0 Å². The number of hydrazine groups is 1. The van der Waals surface area contributed by atoms with Crippen LogP contribution in [0.5, 0.6) is 0 Å². The molecule has 1 aliphatic carbocycles. The van der Waals surface area contributed by atoms with Crippen molar-refractivity contribution in [2.45, 2.75) is 43.3 Å². The van der Waals surface area contributed by atoms with E-state index in [1.807, 2.05) is 36.4 Å². The van der Waals surface area contributed by atoms with Crippen molar-refractivity contribution in [3.05, 3.63) is 64.9 Å². The highest BCUT2D eigenvalue weighted by atomic mass is 35.5. The second-order valence-corrected chi connectivity index (χ2v) is 7.28. The summed E-state index contributed by atoms with van der Waals surface area (Å²) in [5, 5.41) is 4.00. The first kappa shape index (κ1) is 16.5. The van der Waals surface area contributed by atoms with Crippen LogP contribution < -0.4 is 16.2 Å². The van der Waals surface area contributed by atoms with Crippen molar-refractivity contribution in [2.24, 2.45) is 0 Å². The number of halogens is 1. The molecule has 2 aromatic rings. The highest BCUT2D eigenvalue weighted by Gasteiger charge is 2.42. The fourth-order valence-corrected chi connectivity index (χ4v) is 3.78. The molecule has 130 valence electrons. The lowest BCUT2D eigenvalue weighted by Gasteiger charge is -2.43. The molecule has 2 aliphatic rings. The van der Waals surface area contributed by atoms with Crippen LogP contribution in [0.4, 0.5) is 0 Å². The summed E-state index contributed by atoms with van der Waals surface area (Å²) >= 11 is 6.00. The number of nitrogens with one attached hydrogen (secondary N) is 3. The van der Waals surface area contributed by atoms with E-state index in [2.05, 4.69) is 21.2 Å². The van der Waals surface area contributed by atoms with E-state index >= 15 is 0 Å². The molecular formula is C19H21ClN4O. The number of hydrogen-bond donors (Lipinski definition) is 3. The van der Waals surface area contributed by atoms with Gasteiger partial charge < -0.3 is 5.32 Å². The number of pyridine rings is 1. The van der Waals surface area contributed by atoms with E-state index in [0.717, 1.165) is 30.4 Å². The molecule has 1 aromatic carbocycles. The van der Waals surface area contributed by atoms with E-state index in [1.54, 1.807) is 12.4 Å². The molecule has 0 spiro atoms. The van der Waals surface area contributed by atoms with Crippen LogP contribution in [-0.2, 0) is 10.3 Å². The van der Waals surface area contributed by atoms with Gasteiger partial charge in [0.05, 0.1) is 5.54 Å². The number of hydrogen-bond acceptors (Lipinski definition) is 4. The maximum atomic E-state index is 12.8. The second kappa shape index (κ2) is 6.75. The zero-order valence-electron chi connectivity index (χ0n) is 13.8. The predicted octanol–water partition coefficient (Wildman–Crippen LogP) is 2.84. The molecule has 0 radical (unpaired) electrons. The first-order valence-electron chi connectivity index (χ1n) is 8.65. The number of aromatic nitrogens is 1. The van der Waals surface area contributed by atoms with Crippen molar-refractivity contribution in [1.82, 2.24) is 21.2 Å². The lowest BCUT2D eigenvalue weighted by molar-refractivity contribution is -0.126. The number of rotatable bonds is 4. The van der Waals surface area contributed by atoms with Gasteiger partial charge >= 0.3 is 0 Å². The Morgan fingerprint density at radius 2 is 1.84 bits per heavy atom.